The van der Waals surface area contributed by atoms with Crippen molar-refractivity contribution in [3.63, 3.8) is 0 Å². The molecular formula is C19H28N2O3. The van der Waals surface area contributed by atoms with Crippen molar-refractivity contribution in [1.29, 1.82) is 0 Å². The van der Waals surface area contributed by atoms with E-state index in [0.29, 0.717) is 24.1 Å². The van der Waals surface area contributed by atoms with Crippen LogP contribution in [0.4, 0.5) is 5.69 Å². The zero-order chi connectivity index (χ0) is 17.7. The minimum atomic E-state index is -0.884. The standard InChI is InChI=1S/C19H28N2O3/c1-13(2)20-18(23)16-11-15(8-7-14(16)3)21-17(22)12-19(24)9-5-4-6-10-19/h7-8,11,13,24H,4-6,9-10,12H2,1-3H3,(H,20,23)(H,21,22). The SMILES string of the molecule is Cc1ccc(NC(=O)CC2(O)CCCCC2)cc1C(=O)NC(C)C. The Kier molecular flexibility index (Phi) is 5.99. The van der Waals surface area contributed by atoms with E-state index in [9.17, 15) is 14.7 Å². The van der Waals surface area contributed by atoms with Crippen LogP contribution in [0.2, 0.25) is 0 Å². The normalized spacial score (nSPS) is 16.7. The zero-order valence-corrected chi connectivity index (χ0v) is 14.8. The Morgan fingerprint density at radius 3 is 2.50 bits per heavy atom. The molecule has 0 bridgehead atoms. The topological polar surface area (TPSA) is 78.4 Å². The minimum absolute atomic E-state index is 0.0516. The van der Waals surface area contributed by atoms with Gasteiger partial charge >= 0.3 is 0 Å². The fourth-order valence-corrected chi connectivity index (χ4v) is 3.18. The molecule has 132 valence electrons. The number of carbonyl (C=O) groups is 2. The smallest absolute Gasteiger partial charge is 0.251 e. The van der Waals surface area contributed by atoms with Gasteiger partial charge in [0.15, 0.2) is 0 Å². The molecule has 1 aromatic rings. The summed E-state index contributed by atoms with van der Waals surface area (Å²) in [5.41, 5.74) is 1.11. The van der Waals surface area contributed by atoms with Gasteiger partial charge in [-0.05, 0) is 51.3 Å². The van der Waals surface area contributed by atoms with E-state index in [1.807, 2.05) is 26.8 Å². The Balaban J connectivity index is 2.04. The quantitative estimate of drug-likeness (QED) is 0.775. The van der Waals surface area contributed by atoms with Crippen LogP contribution in [0.1, 0.15) is 68.3 Å². The highest BCUT2D eigenvalue weighted by Crippen LogP contribution is 2.31. The second-order valence-corrected chi connectivity index (χ2v) is 7.17. The Morgan fingerprint density at radius 2 is 1.88 bits per heavy atom. The Labute approximate surface area is 143 Å². The highest BCUT2D eigenvalue weighted by Gasteiger charge is 2.31. The molecule has 2 amide bonds. The van der Waals surface area contributed by atoms with E-state index in [4.69, 9.17) is 0 Å². The first-order chi connectivity index (χ1) is 11.3. The van der Waals surface area contributed by atoms with Gasteiger partial charge in [0.25, 0.3) is 5.91 Å². The van der Waals surface area contributed by atoms with Crippen LogP contribution in [0.5, 0.6) is 0 Å². The summed E-state index contributed by atoms with van der Waals surface area (Å²) in [6.45, 7) is 5.68. The number of rotatable bonds is 5. The van der Waals surface area contributed by atoms with E-state index in [-0.39, 0.29) is 24.3 Å². The lowest BCUT2D eigenvalue weighted by Crippen LogP contribution is -2.36. The maximum absolute atomic E-state index is 12.3. The van der Waals surface area contributed by atoms with Gasteiger partial charge in [-0.1, -0.05) is 25.3 Å². The molecule has 1 aliphatic carbocycles. The van der Waals surface area contributed by atoms with Crippen LogP contribution in [0.3, 0.4) is 0 Å². The molecule has 5 heteroatoms. The molecule has 1 saturated carbocycles. The summed E-state index contributed by atoms with van der Waals surface area (Å²) in [5.74, 6) is -0.358. The average Bonchev–Trinajstić information content (AvgIpc) is 2.48. The van der Waals surface area contributed by atoms with E-state index < -0.39 is 5.60 Å². The van der Waals surface area contributed by atoms with Gasteiger partial charge in [-0.2, -0.15) is 0 Å². The monoisotopic (exact) mass is 332 g/mol. The summed E-state index contributed by atoms with van der Waals surface area (Å²) in [6.07, 6.45) is 4.51. The van der Waals surface area contributed by atoms with Gasteiger partial charge in [0, 0.05) is 17.3 Å². The van der Waals surface area contributed by atoms with Crippen molar-refractivity contribution in [2.75, 3.05) is 5.32 Å². The maximum Gasteiger partial charge on any atom is 0.251 e. The molecule has 0 aliphatic heterocycles. The van der Waals surface area contributed by atoms with Crippen molar-refractivity contribution in [3.05, 3.63) is 29.3 Å². The van der Waals surface area contributed by atoms with E-state index in [0.717, 1.165) is 24.8 Å². The molecule has 0 aromatic heterocycles. The van der Waals surface area contributed by atoms with Crippen LogP contribution in [-0.2, 0) is 4.79 Å². The number of hydrogen-bond acceptors (Lipinski definition) is 3. The molecule has 24 heavy (non-hydrogen) atoms. The summed E-state index contributed by atoms with van der Waals surface area (Å²) in [7, 11) is 0. The molecule has 1 aromatic carbocycles. The summed E-state index contributed by atoms with van der Waals surface area (Å²) in [5, 5.41) is 16.2. The highest BCUT2D eigenvalue weighted by atomic mass is 16.3. The number of amides is 2. The summed E-state index contributed by atoms with van der Waals surface area (Å²) >= 11 is 0. The number of benzene rings is 1. The summed E-state index contributed by atoms with van der Waals surface area (Å²) in [6, 6.07) is 5.34. The Hall–Kier alpha value is -1.88. The van der Waals surface area contributed by atoms with Crippen molar-refractivity contribution in [3.8, 4) is 0 Å². The lowest BCUT2D eigenvalue weighted by molar-refractivity contribution is -0.122. The predicted octanol–water partition coefficient (Wildman–Crippen LogP) is 3.16. The zero-order valence-electron chi connectivity index (χ0n) is 14.8. The van der Waals surface area contributed by atoms with Gasteiger partial charge in [0.1, 0.15) is 0 Å². The Morgan fingerprint density at radius 1 is 1.21 bits per heavy atom. The van der Waals surface area contributed by atoms with Crippen molar-refractivity contribution < 1.29 is 14.7 Å². The first-order valence-electron chi connectivity index (χ1n) is 8.73. The Bertz CT molecular complexity index is 605. The second-order valence-electron chi connectivity index (χ2n) is 7.17. The van der Waals surface area contributed by atoms with Gasteiger partial charge in [-0.15, -0.1) is 0 Å². The van der Waals surface area contributed by atoms with Crippen molar-refractivity contribution in [2.45, 2.75) is 70.9 Å². The van der Waals surface area contributed by atoms with Crippen molar-refractivity contribution >= 4 is 17.5 Å². The van der Waals surface area contributed by atoms with Gasteiger partial charge in [-0.25, -0.2) is 0 Å². The molecule has 0 unspecified atom stereocenters. The van der Waals surface area contributed by atoms with Crippen LogP contribution in [0, 0.1) is 6.92 Å². The lowest BCUT2D eigenvalue weighted by atomic mass is 9.82. The molecule has 0 saturated heterocycles. The third-order valence-corrected chi connectivity index (χ3v) is 4.46. The highest BCUT2D eigenvalue weighted by molar-refractivity contribution is 5.98. The van der Waals surface area contributed by atoms with E-state index in [2.05, 4.69) is 10.6 Å². The number of aryl methyl sites for hydroxylation is 1. The first kappa shape index (κ1) is 18.5. The van der Waals surface area contributed by atoms with Gasteiger partial charge < -0.3 is 15.7 Å². The van der Waals surface area contributed by atoms with E-state index >= 15 is 0 Å². The van der Waals surface area contributed by atoms with Gasteiger partial charge in [0.05, 0.1) is 12.0 Å². The third-order valence-electron chi connectivity index (χ3n) is 4.46. The molecule has 1 aliphatic rings. The molecule has 0 atom stereocenters. The first-order valence-corrected chi connectivity index (χ1v) is 8.73. The number of nitrogens with one attached hydrogen (secondary N) is 2. The molecule has 0 spiro atoms. The molecule has 0 heterocycles. The van der Waals surface area contributed by atoms with Crippen LogP contribution in [0.15, 0.2) is 18.2 Å². The molecular weight excluding hydrogens is 304 g/mol. The molecule has 0 radical (unpaired) electrons. The van der Waals surface area contributed by atoms with Gasteiger partial charge in [-0.3, -0.25) is 9.59 Å². The molecule has 2 rings (SSSR count). The van der Waals surface area contributed by atoms with Gasteiger partial charge in [0.2, 0.25) is 5.91 Å². The number of aliphatic hydroxyl groups is 1. The molecule has 3 N–H and O–H groups in total. The van der Waals surface area contributed by atoms with Crippen molar-refractivity contribution in [1.82, 2.24) is 5.32 Å². The van der Waals surface area contributed by atoms with Crippen LogP contribution in [-0.4, -0.2) is 28.6 Å². The average molecular weight is 332 g/mol. The van der Waals surface area contributed by atoms with E-state index in [1.165, 1.54) is 0 Å². The van der Waals surface area contributed by atoms with Crippen LogP contribution >= 0.6 is 0 Å². The molecule has 5 nitrogen and oxygen atoms in total. The minimum Gasteiger partial charge on any atom is -0.389 e. The number of hydrogen-bond donors (Lipinski definition) is 3. The fourth-order valence-electron chi connectivity index (χ4n) is 3.18. The molecule has 1 fully saturated rings. The summed E-state index contributed by atoms with van der Waals surface area (Å²) in [4.78, 5) is 24.5. The summed E-state index contributed by atoms with van der Waals surface area (Å²) < 4.78 is 0. The van der Waals surface area contributed by atoms with Crippen LogP contribution < -0.4 is 10.6 Å². The maximum atomic E-state index is 12.3. The largest absolute Gasteiger partial charge is 0.389 e. The predicted molar refractivity (Wildman–Crippen MR) is 95.1 cm³/mol. The number of carbonyl (C=O) groups excluding carboxylic acids is 2. The van der Waals surface area contributed by atoms with E-state index in [1.54, 1.807) is 12.1 Å². The third kappa shape index (κ3) is 5.06. The number of anilines is 1. The van der Waals surface area contributed by atoms with Crippen LogP contribution in [0.25, 0.3) is 0 Å². The lowest BCUT2D eigenvalue weighted by Gasteiger charge is -2.31. The fraction of sp³-hybridized carbons (Fsp3) is 0.579. The van der Waals surface area contributed by atoms with Crippen molar-refractivity contribution in [2.24, 2.45) is 0 Å². The second kappa shape index (κ2) is 7.79.